The molecule has 6 nitrogen and oxygen atoms in total. The van der Waals surface area contributed by atoms with Crippen LogP contribution in [0.2, 0.25) is 0 Å². The molecule has 0 bridgehead atoms. The first-order chi connectivity index (χ1) is 14.5. The minimum atomic E-state index is -0.429. The lowest BCUT2D eigenvalue weighted by molar-refractivity contribution is -0.387. The van der Waals surface area contributed by atoms with Crippen molar-refractivity contribution in [2.45, 2.75) is 34.9 Å². The Bertz CT molecular complexity index is 1060. The molecule has 30 heavy (non-hydrogen) atoms. The van der Waals surface area contributed by atoms with Gasteiger partial charge in [-0.25, -0.2) is 4.98 Å². The third-order valence-electron chi connectivity index (χ3n) is 5.25. The predicted octanol–water partition coefficient (Wildman–Crippen LogP) is 5.53. The lowest BCUT2D eigenvalue weighted by Gasteiger charge is -2.32. The van der Waals surface area contributed by atoms with Crippen LogP contribution in [0.4, 0.5) is 5.69 Å². The highest BCUT2D eigenvalue weighted by molar-refractivity contribution is 8.01. The fourth-order valence-electron chi connectivity index (χ4n) is 3.68. The number of nitro groups is 1. The number of likely N-dealkylation sites (tertiary alicyclic amines) is 1. The van der Waals surface area contributed by atoms with Gasteiger partial charge in [0.15, 0.2) is 4.34 Å². The molecule has 0 N–H and O–H groups in total. The fraction of sp³-hybridized carbons (Fsp3) is 0.273. The van der Waals surface area contributed by atoms with Gasteiger partial charge in [0.05, 0.1) is 9.82 Å². The van der Waals surface area contributed by atoms with Gasteiger partial charge < -0.3 is 4.90 Å². The smallest absolute Gasteiger partial charge is 0.284 e. The highest BCUT2D eigenvalue weighted by atomic mass is 32.2. The zero-order valence-corrected chi connectivity index (χ0v) is 18.1. The van der Waals surface area contributed by atoms with Crippen molar-refractivity contribution >= 4 is 34.7 Å². The first kappa shape index (κ1) is 20.6. The number of nitrogens with zero attached hydrogens (tertiary/aromatic N) is 3. The number of carbonyl (C=O) groups excluding carboxylic acids is 1. The van der Waals surface area contributed by atoms with Crippen LogP contribution in [0.25, 0.3) is 0 Å². The zero-order valence-electron chi connectivity index (χ0n) is 16.5. The van der Waals surface area contributed by atoms with Crippen LogP contribution in [-0.2, 0) is 0 Å². The standard InChI is InChI=1S/C22H21N3O3S2/c1-15-14-29-22(23-15)30-20-8-7-18(13-19(20)25(27)28)21(26)24-11-9-17(10-12-24)16-5-3-2-4-6-16/h2-8,13-14,17H,9-12H2,1H3. The summed E-state index contributed by atoms with van der Waals surface area (Å²) >= 11 is 2.71. The summed E-state index contributed by atoms with van der Waals surface area (Å²) in [6.45, 7) is 3.19. The number of aryl methyl sites for hydroxylation is 1. The van der Waals surface area contributed by atoms with Crippen molar-refractivity contribution in [3.63, 3.8) is 0 Å². The molecular weight excluding hydrogens is 418 g/mol. The van der Waals surface area contributed by atoms with Crippen molar-refractivity contribution in [1.82, 2.24) is 9.88 Å². The van der Waals surface area contributed by atoms with Gasteiger partial charge in [-0.1, -0.05) is 42.1 Å². The van der Waals surface area contributed by atoms with Crippen LogP contribution < -0.4 is 0 Å². The van der Waals surface area contributed by atoms with E-state index in [1.165, 1.54) is 34.7 Å². The van der Waals surface area contributed by atoms with Crippen LogP contribution in [0.3, 0.4) is 0 Å². The van der Waals surface area contributed by atoms with Gasteiger partial charge in [0.1, 0.15) is 0 Å². The molecule has 2 heterocycles. The molecule has 1 aliphatic rings. The normalized spacial score (nSPS) is 14.6. The fourth-order valence-corrected chi connectivity index (χ4v) is 5.56. The second-order valence-electron chi connectivity index (χ2n) is 7.27. The molecule has 2 aromatic carbocycles. The molecular formula is C22H21N3O3S2. The Kier molecular flexibility index (Phi) is 6.15. The summed E-state index contributed by atoms with van der Waals surface area (Å²) in [5.41, 5.74) is 2.49. The maximum Gasteiger partial charge on any atom is 0.284 e. The van der Waals surface area contributed by atoms with E-state index < -0.39 is 4.92 Å². The Labute approximate surface area is 183 Å². The third-order valence-corrected chi connectivity index (χ3v) is 7.37. The van der Waals surface area contributed by atoms with Crippen LogP contribution in [0, 0.1) is 17.0 Å². The first-order valence-electron chi connectivity index (χ1n) is 9.74. The van der Waals surface area contributed by atoms with Crippen molar-refractivity contribution < 1.29 is 9.72 Å². The summed E-state index contributed by atoms with van der Waals surface area (Å²) in [5, 5.41) is 13.5. The number of amides is 1. The van der Waals surface area contributed by atoms with Crippen LogP contribution in [-0.4, -0.2) is 33.8 Å². The van der Waals surface area contributed by atoms with Crippen LogP contribution in [0.5, 0.6) is 0 Å². The molecule has 0 saturated carbocycles. The van der Waals surface area contributed by atoms with Gasteiger partial charge in [0.25, 0.3) is 11.6 Å². The Morgan fingerprint density at radius 1 is 1.20 bits per heavy atom. The lowest BCUT2D eigenvalue weighted by atomic mass is 9.89. The maximum atomic E-state index is 13.0. The molecule has 8 heteroatoms. The van der Waals surface area contributed by atoms with Crippen molar-refractivity contribution in [3.8, 4) is 0 Å². The molecule has 0 atom stereocenters. The van der Waals surface area contributed by atoms with E-state index in [4.69, 9.17) is 0 Å². The molecule has 1 aromatic heterocycles. The highest BCUT2D eigenvalue weighted by Crippen LogP contribution is 2.37. The Balaban J connectivity index is 1.47. The van der Waals surface area contributed by atoms with E-state index in [9.17, 15) is 14.9 Å². The van der Waals surface area contributed by atoms with Crippen LogP contribution >= 0.6 is 23.1 Å². The minimum absolute atomic E-state index is 0.0575. The summed E-state index contributed by atoms with van der Waals surface area (Å²) in [7, 11) is 0. The van der Waals surface area contributed by atoms with Crippen molar-refractivity contribution in [2.75, 3.05) is 13.1 Å². The molecule has 3 aromatic rings. The van der Waals surface area contributed by atoms with Gasteiger partial charge in [0.2, 0.25) is 0 Å². The molecule has 0 aliphatic carbocycles. The van der Waals surface area contributed by atoms with Gasteiger partial charge in [-0.15, -0.1) is 11.3 Å². The minimum Gasteiger partial charge on any atom is -0.339 e. The first-order valence-corrected chi connectivity index (χ1v) is 11.4. The van der Waals surface area contributed by atoms with E-state index in [1.54, 1.807) is 17.0 Å². The van der Waals surface area contributed by atoms with Crippen LogP contribution in [0.15, 0.2) is 63.1 Å². The molecule has 0 spiro atoms. The SMILES string of the molecule is Cc1csc(Sc2ccc(C(=O)N3CCC(c4ccccc4)CC3)cc2[N+](=O)[O-])n1. The average Bonchev–Trinajstić information content (AvgIpc) is 3.18. The van der Waals surface area contributed by atoms with Gasteiger partial charge in [-0.2, -0.15) is 0 Å². The van der Waals surface area contributed by atoms with Crippen molar-refractivity contribution in [3.05, 3.63) is 80.8 Å². The number of aromatic nitrogens is 1. The number of piperidine rings is 1. The van der Waals surface area contributed by atoms with Gasteiger partial charge in [-0.3, -0.25) is 14.9 Å². The quantitative estimate of drug-likeness (QED) is 0.386. The molecule has 0 radical (unpaired) electrons. The molecule has 1 saturated heterocycles. The molecule has 1 amide bonds. The molecule has 1 fully saturated rings. The lowest BCUT2D eigenvalue weighted by Crippen LogP contribution is -2.37. The van der Waals surface area contributed by atoms with Crippen molar-refractivity contribution in [1.29, 1.82) is 0 Å². The number of rotatable bonds is 5. The number of nitro benzene ring substituents is 1. The Morgan fingerprint density at radius 3 is 2.57 bits per heavy atom. The Morgan fingerprint density at radius 2 is 1.93 bits per heavy atom. The summed E-state index contributed by atoms with van der Waals surface area (Å²) in [6, 6.07) is 15.1. The highest BCUT2D eigenvalue weighted by Gasteiger charge is 2.26. The number of carbonyl (C=O) groups is 1. The molecule has 4 rings (SSSR count). The van der Waals surface area contributed by atoms with Gasteiger partial charge >= 0.3 is 0 Å². The molecule has 1 aliphatic heterocycles. The van der Waals surface area contributed by atoms with E-state index in [0.717, 1.165) is 22.9 Å². The molecule has 154 valence electrons. The van der Waals surface area contributed by atoms with E-state index in [1.807, 2.05) is 30.5 Å². The summed E-state index contributed by atoms with van der Waals surface area (Å²) < 4.78 is 0.748. The number of thiazole rings is 1. The largest absolute Gasteiger partial charge is 0.339 e. The van der Waals surface area contributed by atoms with E-state index in [-0.39, 0.29) is 11.6 Å². The molecule has 0 unspecified atom stereocenters. The second-order valence-corrected chi connectivity index (χ2v) is 9.42. The summed E-state index contributed by atoms with van der Waals surface area (Å²) in [4.78, 5) is 30.8. The summed E-state index contributed by atoms with van der Waals surface area (Å²) in [6.07, 6.45) is 1.80. The number of benzene rings is 2. The van der Waals surface area contributed by atoms with Crippen molar-refractivity contribution in [2.24, 2.45) is 0 Å². The van der Waals surface area contributed by atoms with Gasteiger partial charge in [-0.05, 0) is 43.4 Å². The third kappa shape index (κ3) is 4.55. The van der Waals surface area contributed by atoms with E-state index in [2.05, 4.69) is 17.1 Å². The number of hydrogen-bond acceptors (Lipinski definition) is 6. The second kappa shape index (κ2) is 8.97. The predicted molar refractivity (Wildman–Crippen MR) is 118 cm³/mol. The van der Waals surface area contributed by atoms with Gasteiger partial charge in [0, 0.05) is 35.8 Å². The number of hydrogen-bond donors (Lipinski definition) is 0. The summed E-state index contributed by atoms with van der Waals surface area (Å²) in [5.74, 6) is 0.302. The van der Waals surface area contributed by atoms with E-state index >= 15 is 0 Å². The van der Waals surface area contributed by atoms with E-state index in [0.29, 0.717) is 29.5 Å². The zero-order chi connectivity index (χ0) is 21.1. The average molecular weight is 440 g/mol. The Hall–Kier alpha value is -2.71. The maximum absolute atomic E-state index is 13.0. The topological polar surface area (TPSA) is 76.3 Å². The monoisotopic (exact) mass is 439 g/mol. The van der Waals surface area contributed by atoms with Crippen LogP contribution in [0.1, 0.15) is 40.4 Å².